The predicted octanol–water partition coefficient (Wildman–Crippen LogP) is 3.81. The first-order valence-corrected chi connectivity index (χ1v) is 4.88. The summed E-state index contributed by atoms with van der Waals surface area (Å²) >= 11 is 0. The first kappa shape index (κ1) is 9.31. The van der Waals surface area contributed by atoms with Crippen molar-refractivity contribution in [3.8, 4) is 0 Å². The van der Waals surface area contributed by atoms with E-state index in [1.807, 2.05) is 6.08 Å². The molecule has 0 heteroatoms. The maximum atomic E-state index is 3.15. The summed E-state index contributed by atoms with van der Waals surface area (Å²) in [6.07, 6.45) is 21.5. The monoisotopic (exact) mass is 161 g/mol. The van der Waals surface area contributed by atoms with Crippen LogP contribution in [0, 0.1) is 6.08 Å². The summed E-state index contributed by atoms with van der Waals surface area (Å²) in [6, 6.07) is 0. The van der Waals surface area contributed by atoms with Crippen LogP contribution in [0.3, 0.4) is 0 Å². The smallest absolute Gasteiger partial charge is 0.0160 e. The highest BCUT2D eigenvalue weighted by Crippen LogP contribution is 2.05. The molecule has 0 bridgehead atoms. The van der Waals surface area contributed by atoms with Crippen molar-refractivity contribution in [3.05, 3.63) is 36.5 Å². The van der Waals surface area contributed by atoms with Crippen molar-refractivity contribution in [1.29, 1.82) is 0 Å². The molecule has 12 heavy (non-hydrogen) atoms. The fraction of sp³-hybridized carbons (Fsp3) is 0.500. The van der Waals surface area contributed by atoms with E-state index >= 15 is 0 Å². The Labute approximate surface area is 75.7 Å². The van der Waals surface area contributed by atoms with Gasteiger partial charge in [-0.1, -0.05) is 36.8 Å². The number of hydrogen-bond acceptors (Lipinski definition) is 0. The lowest BCUT2D eigenvalue weighted by atomic mass is 10.1. The second kappa shape index (κ2) is 6.90. The third kappa shape index (κ3) is 4.95. The van der Waals surface area contributed by atoms with E-state index in [2.05, 4.69) is 30.4 Å². The van der Waals surface area contributed by atoms with Gasteiger partial charge in [-0.2, -0.15) is 0 Å². The molecule has 0 atom stereocenters. The van der Waals surface area contributed by atoms with Crippen LogP contribution in [0.5, 0.6) is 0 Å². The van der Waals surface area contributed by atoms with Crippen LogP contribution in [-0.4, -0.2) is 0 Å². The quantitative estimate of drug-likeness (QED) is 0.474. The second-order valence-corrected chi connectivity index (χ2v) is 3.12. The standard InChI is InChI=1S/C12H17/c1-2-4-6-8-10-12-11-9-7-5-3-1/h1-2,5,9,11H,3-4,6,8,10,12H2/b2-1+,7-5?,11-9+. The second-order valence-electron chi connectivity index (χ2n) is 3.12. The van der Waals surface area contributed by atoms with Crippen LogP contribution in [0.15, 0.2) is 30.4 Å². The van der Waals surface area contributed by atoms with Crippen LogP contribution in [0.1, 0.15) is 38.5 Å². The fourth-order valence-corrected chi connectivity index (χ4v) is 1.27. The van der Waals surface area contributed by atoms with Gasteiger partial charge in [0.25, 0.3) is 0 Å². The molecule has 1 rings (SSSR count). The summed E-state index contributed by atoms with van der Waals surface area (Å²) < 4.78 is 0. The number of rotatable bonds is 0. The molecule has 1 aliphatic carbocycles. The Hall–Kier alpha value is -0.780. The molecule has 0 saturated heterocycles. The van der Waals surface area contributed by atoms with Crippen molar-refractivity contribution in [2.24, 2.45) is 0 Å². The van der Waals surface area contributed by atoms with Crippen LogP contribution in [0.2, 0.25) is 0 Å². The Balaban J connectivity index is 2.31. The SMILES string of the molecule is [C]1=C\C/C=C/CCCCC/C=C/1. The van der Waals surface area contributed by atoms with Gasteiger partial charge < -0.3 is 0 Å². The maximum Gasteiger partial charge on any atom is -0.0160 e. The van der Waals surface area contributed by atoms with E-state index in [1.165, 1.54) is 32.1 Å². The molecule has 0 N–H and O–H groups in total. The summed E-state index contributed by atoms with van der Waals surface area (Å²) in [7, 11) is 0. The van der Waals surface area contributed by atoms with E-state index in [1.54, 1.807) is 0 Å². The average Bonchev–Trinajstić information content (AvgIpc) is 2.05. The molecule has 1 aliphatic rings. The predicted molar refractivity (Wildman–Crippen MR) is 53.8 cm³/mol. The highest BCUT2D eigenvalue weighted by molar-refractivity contribution is 4.99. The molecule has 0 aromatic carbocycles. The van der Waals surface area contributed by atoms with Gasteiger partial charge in [-0.3, -0.25) is 0 Å². The van der Waals surface area contributed by atoms with Crippen LogP contribution >= 0.6 is 0 Å². The van der Waals surface area contributed by atoms with Crippen molar-refractivity contribution in [2.75, 3.05) is 0 Å². The minimum absolute atomic E-state index is 1.03. The van der Waals surface area contributed by atoms with E-state index < -0.39 is 0 Å². The van der Waals surface area contributed by atoms with Crippen molar-refractivity contribution < 1.29 is 0 Å². The zero-order chi connectivity index (χ0) is 8.49. The lowest BCUT2D eigenvalue weighted by Gasteiger charge is -1.95. The molecule has 0 heterocycles. The summed E-state index contributed by atoms with van der Waals surface area (Å²) in [5, 5.41) is 0. The molecule has 0 saturated carbocycles. The molecule has 65 valence electrons. The zero-order valence-electron chi connectivity index (χ0n) is 7.63. The zero-order valence-corrected chi connectivity index (χ0v) is 7.63. The largest absolute Gasteiger partial charge is 0.0882 e. The Kier molecular flexibility index (Phi) is 5.35. The van der Waals surface area contributed by atoms with Gasteiger partial charge in [0.1, 0.15) is 0 Å². The molecule has 0 fully saturated rings. The summed E-state index contributed by atoms with van der Waals surface area (Å²) in [5.74, 6) is 0. The Morgan fingerprint density at radius 2 is 1.67 bits per heavy atom. The molecule has 1 radical (unpaired) electrons. The van der Waals surface area contributed by atoms with E-state index in [9.17, 15) is 0 Å². The molecule has 0 spiro atoms. The molecule has 0 aliphatic heterocycles. The first-order chi connectivity index (χ1) is 6.00. The van der Waals surface area contributed by atoms with Gasteiger partial charge in [0, 0.05) is 0 Å². The summed E-state index contributed by atoms with van der Waals surface area (Å²) in [5.41, 5.74) is 0. The highest BCUT2D eigenvalue weighted by atomic mass is 13.9. The first-order valence-electron chi connectivity index (χ1n) is 4.88. The van der Waals surface area contributed by atoms with Crippen LogP contribution in [0.25, 0.3) is 0 Å². The van der Waals surface area contributed by atoms with Crippen molar-refractivity contribution in [1.82, 2.24) is 0 Å². The number of hydrogen-bond donors (Lipinski definition) is 0. The summed E-state index contributed by atoms with van der Waals surface area (Å²) in [6.45, 7) is 0. The highest BCUT2D eigenvalue weighted by Gasteiger charge is 1.85. The number of allylic oxidation sites excluding steroid dienone is 6. The van der Waals surface area contributed by atoms with Gasteiger partial charge in [-0.25, -0.2) is 0 Å². The van der Waals surface area contributed by atoms with Crippen LogP contribution in [-0.2, 0) is 0 Å². The van der Waals surface area contributed by atoms with Crippen molar-refractivity contribution in [2.45, 2.75) is 38.5 Å². The van der Waals surface area contributed by atoms with Gasteiger partial charge in [-0.05, 0) is 38.2 Å². The Morgan fingerprint density at radius 1 is 0.833 bits per heavy atom. The molecular weight excluding hydrogens is 144 g/mol. The molecule has 0 unspecified atom stereocenters. The minimum Gasteiger partial charge on any atom is -0.0882 e. The van der Waals surface area contributed by atoms with Crippen LogP contribution in [0.4, 0.5) is 0 Å². The van der Waals surface area contributed by atoms with Crippen molar-refractivity contribution in [3.63, 3.8) is 0 Å². The molecule has 0 aromatic heterocycles. The Bertz CT molecular complexity index is 172. The van der Waals surface area contributed by atoms with E-state index in [0.717, 1.165) is 6.42 Å². The van der Waals surface area contributed by atoms with E-state index in [4.69, 9.17) is 0 Å². The molecule has 0 amide bonds. The minimum atomic E-state index is 1.03. The molecular formula is C12H17. The molecule has 0 aromatic rings. The lowest BCUT2D eigenvalue weighted by Crippen LogP contribution is -1.75. The Morgan fingerprint density at radius 3 is 2.58 bits per heavy atom. The molecule has 0 nitrogen and oxygen atoms in total. The fourth-order valence-electron chi connectivity index (χ4n) is 1.27. The van der Waals surface area contributed by atoms with Gasteiger partial charge in [0.2, 0.25) is 0 Å². The van der Waals surface area contributed by atoms with Crippen LogP contribution < -0.4 is 0 Å². The van der Waals surface area contributed by atoms with Gasteiger partial charge >= 0.3 is 0 Å². The average molecular weight is 161 g/mol. The maximum absolute atomic E-state index is 3.15. The van der Waals surface area contributed by atoms with E-state index in [0.29, 0.717) is 0 Å². The van der Waals surface area contributed by atoms with Gasteiger partial charge in [0.05, 0.1) is 0 Å². The third-order valence-corrected chi connectivity index (χ3v) is 1.99. The van der Waals surface area contributed by atoms with Crippen molar-refractivity contribution >= 4 is 0 Å². The topological polar surface area (TPSA) is 0 Å². The lowest BCUT2D eigenvalue weighted by molar-refractivity contribution is 0.695. The normalized spacial score (nSPS) is 28.0. The van der Waals surface area contributed by atoms with Gasteiger partial charge in [0.15, 0.2) is 0 Å². The van der Waals surface area contributed by atoms with Gasteiger partial charge in [-0.15, -0.1) is 0 Å². The third-order valence-electron chi connectivity index (χ3n) is 1.99. The van der Waals surface area contributed by atoms with E-state index in [-0.39, 0.29) is 0 Å². The summed E-state index contributed by atoms with van der Waals surface area (Å²) in [4.78, 5) is 0.